The van der Waals surface area contributed by atoms with Gasteiger partial charge in [-0.1, -0.05) is 6.08 Å². The van der Waals surface area contributed by atoms with Gasteiger partial charge in [-0.05, 0) is 20.8 Å². The van der Waals surface area contributed by atoms with E-state index in [4.69, 9.17) is 23.1 Å². The van der Waals surface area contributed by atoms with Crippen LogP contribution in [0.4, 0.5) is 0 Å². The second kappa shape index (κ2) is 5.85. The normalized spacial score (nSPS) is 41.7. The summed E-state index contributed by atoms with van der Waals surface area (Å²) in [4.78, 5) is 0. The molecule has 2 aliphatic rings. The van der Waals surface area contributed by atoms with Crippen LogP contribution in [0.15, 0.2) is 12.7 Å². The summed E-state index contributed by atoms with van der Waals surface area (Å²) in [6.07, 6.45) is -0.0596. The van der Waals surface area contributed by atoms with Crippen LogP contribution in [0.1, 0.15) is 20.8 Å². The molecule has 2 aliphatic heterocycles. The fourth-order valence-corrected chi connectivity index (χ4v) is 3.54. The van der Waals surface area contributed by atoms with Gasteiger partial charge in [-0.25, -0.2) is 0 Å². The van der Waals surface area contributed by atoms with Gasteiger partial charge in [0, 0.05) is 7.11 Å². The first-order valence-corrected chi connectivity index (χ1v) is 8.86. The molecule has 0 spiro atoms. The standard InChI is InChI=1S/C14H24O7S/c1-7-14(4)11(21-22(6,15)16)10-9(19-12(14)17-5)8-18-13(2,3)20-10/h7,9-12H,1,8H2,2-6H3/t9-,10-,11+,12+,14-/m1/s1. The van der Waals surface area contributed by atoms with Crippen molar-refractivity contribution in [2.45, 2.75) is 51.2 Å². The maximum Gasteiger partial charge on any atom is 0.264 e. The lowest BCUT2D eigenvalue weighted by Gasteiger charge is -2.53. The minimum absolute atomic E-state index is 0.258. The fourth-order valence-electron chi connectivity index (χ4n) is 2.85. The number of methoxy groups -OCH3 is 1. The summed E-state index contributed by atoms with van der Waals surface area (Å²) >= 11 is 0. The smallest absolute Gasteiger partial charge is 0.264 e. The Labute approximate surface area is 131 Å². The number of rotatable bonds is 4. The molecule has 0 aliphatic carbocycles. The molecule has 0 bridgehead atoms. The predicted molar refractivity (Wildman–Crippen MR) is 78.6 cm³/mol. The van der Waals surface area contributed by atoms with Crippen molar-refractivity contribution in [2.75, 3.05) is 20.0 Å². The second-order valence-corrected chi connectivity index (χ2v) is 7.93. The highest BCUT2D eigenvalue weighted by atomic mass is 32.2. The van der Waals surface area contributed by atoms with Crippen LogP contribution in [0.3, 0.4) is 0 Å². The molecule has 2 rings (SSSR count). The molecule has 0 aromatic rings. The zero-order valence-electron chi connectivity index (χ0n) is 13.6. The van der Waals surface area contributed by atoms with Crippen LogP contribution in [0.25, 0.3) is 0 Å². The quantitative estimate of drug-likeness (QED) is 0.560. The van der Waals surface area contributed by atoms with Gasteiger partial charge in [0.05, 0.1) is 18.3 Å². The fraction of sp³-hybridized carbons (Fsp3) is 0.857. The summed E-state index contributed by atoms with van der Waals surface area (Å²) in [6, 6.07) is 0. The van der Waals surface area contributed by atoms with E-state index in [9.17, 15) is 8.42 Å². The summed E-state index contributed by atoms with van der Waals surface area (Å²) in [5.41, 5.74) is -0.896. The maximum atomic E-state index is 11.7. The van der Waals surface area contributed by atoms with Gasteiger partial charge in [0.15, 0.2) is 12.1 Å². The number of fused-ring (bicyclic) bond motifs is 1. The topological polar surface area (TPSA) is 80.3 Å². The van der Waals surface area contributed by atoms with Gasteiger partial charge < -0.3 is 18.9 Å². The van der Waals surface area contributed by atoms with Crippen molar-refractivity contribution in [1.29, 1.82) is 0 Å². The molecule has 0 radical (unpaired) electrons. The van der Waals surface area contributed by atoms with E-state index >= 15 is 0 Å². The van der Waals surface area contributed by atoms with Crippen molar-refractivity contribution in [3.8, 4) is 0 Å². The summed E-state index contributed by atoms with van der Waals surface area (Å²) in [7, 11) is -2.22. The van der Waals surface area contributed by atoms with E-state index in [-0.39, 0.29) is 6.61 Å². The van der Waals surface area contributed by atoms with Gasteiger partial charge in [0.1, 0.15) is 18.3 Å². The Morgan fingerprint density at radius 3 is 2.45 bits per heavy atom. The summed E-state index contributed by atoms with van der Waals surface area (Å²) in [5, 5.41) is 0. The molecule has 0 unspecified atom stereocenters. The van der Waals surface area contributed by atoms with Crippen molar-refractivity contribution >= 4 is 10.1 Å². The minimum atomic E-state index is -3.70. The maximum absolute atomic E-state index is 11.7. The van der Waals surface area contributed by atoms with Crippen molar-refractivity contribution in [1.82, 2.24) is 0 Å². The molecule has 2 heterocycles. The van der Waals surface area contributed by atoms with Crippen molar-refractivity contribution in [2.24, 2.45) is 5.41 Å². The molecule has 2 saturated heterocycles. The second-order valence-electron chi connectivity index (χ2n) is 6.33. The van der Waals surface area contributed by atoms with Crippen molar-refractivity contribution in [3.63, 3.8) is 0 Å². The van der Waals surface area contributed by atoms with Gasteiger partial charge in [-0.15, -0.1) is 6.58 Å². The average molecular weight is 336 g/mol. The highest BCUT2D eigenvalue weighted by Crippen LogP contribution is 2.44. The number of ether oxygens (including phenoxy) is 4. The first-order valence-electron chi connectivity index (χ1n) is 7.04. The molecular formula is C14H24O7S. The van der Waals surface area contributed by atoms with E-state index in [2.05, 4.69) is 6.58 Å². The highest BCUT2D eigenvalue weighted by molar-refractivity contribution is 7.86. The summed E-state index contributed by atoms with van der Waals surface area (Å²) in [6.45, 7) is 9.33. The van der Waals surface area contributed by atoms with E-state index in [1.807, 2.05) is 0 Å². The Morgan fingerprint density at radius 2 is 1.95 bits per heavy atom. The molecule has 0 amide bonds. The van der Waals surface area contributed by atoms with Gasteiger partial charge >= 0.3 is 0 Å². The van der Waals surface area contributed by atoms with Gasteiger partial charge in [-0.2, -0.15) is 8.42 Å². The monoisotopic (exact) mass is 336 g/mol. The Bertz CT molecular complexity index is 529. The van der Waals surface area contributed by atoms with E-state index in [0.29, 0.717) is 0 Å². The Morgan fingerprint density at radius 1 is 1.32 bits per heavy atom. The van der Waals surface area contributed by atoms with Gasteiger partial charge in [0.2, 0.25) is 0 Å². The third-order valence-electron chi connectivity index (χ3n) is 4.03. The molecule has 0 N–H and O–H groups in total. The lowest BCUT2D eigenvalue weighted by Crippen LogP contribution is -2.66. The van der Waals surface area contributed by atoms with Crippen LogP contribution >= 0.6 is 0 Å². The molecule has 0 aromatic carbocycles. The first kappa shape index (κ1) is 17.8. The molecular weight excluding hydrogens is 312 g/mol. The Hall–Kier alpha value is -0.510. The number of hydrogen-bond acceptors (Lipinski definition) is 7. The first-order chi connectivity index (χ1) is 10.0. The average Bonchev–Trinajstić information content (AvgIpc) is 2.40. The van der Waals surface area contributed by atoms with E-state index in [1.54, 1.807) is 26.8 Å². The van der Waals surface area contributed by atoms with Crippen molar-refractivity contribution < 1.29 is 31.5 Å². The molecule has 22 heavy (non-hydrogen) atoms. The third kappa shape index (κ3) is 3.37. The van der Waals surface area contributed by atoms with E-state index in [1.165, 1.54) is 7.11 Å². The SMILES string of the molecule is C=C[C@@]1(C)[C@@H](OC)O[C@@H]2COC(C)(C)O[C@H]2[C@@H]1OS(C)(=O)=O. The molecule has 0 aromatic heterocycles. The van der Waals surface area contributed by atoms with Crippen LogP contribution in [-0.2, 0) is 33.2 Å². The lowest BCUT2D eigenvalue weighted by atomic mass is 9.76. The van der Waals surface area contributed by atoms with Crippen LogP contribution in [0.5, 0.6) is 0 Å². The molecule has 128 valence electrons. The molecule has 7 nitrogen and oxygen atoms in total. The van der Waals surface area contributed by atoms with Crippen LogP contribution < -0.4 is 0 Å². The van der Waals surface area contributed by atoms with Gasteiger partial charge in [0.25, 0.3) is 10.1 Å². The molecule has 5 atom stereocenters. The predicted octanol–water partition coefficient (Wildman–Crippen LogP) is 1.05. The summed E-state index contributed by atoms with van der Waals surface area (Å²) < 4.78 is 51.4. The molecule has 0 saturated carbocycles. The van der Waals surface area contributed by atoms with Crippen molar-refractivity contribution in [3.05, 3.63) is 12.7 Å². The number of hydrogen-bond donors (Lipinski definition) is 0. The van der Waals surface area contributed by atoms with E-state index < -0.39 is 45.9 Å². The Balaban J connectivity index is 2.43. The minimum Gasteiger partial charge on any atom is -0.355 e. The van der Waals surface area contributed by atoms with Crippen LogP contribution in [0, 0.1) is 5.41 Å². The summed E-state index contributed by atoms with van der Waals surface area (Å²) in [5.74, 6) is -0.856. The molecule has 8 heteroatoms. The zero-order valence-corrected chi connectivity index (χ0v) is 14.4. The van der Waals surface area contributed by atoms with Crippen LogP contribution in [-0.4, -0.2) is 58.8 Å². The van der Waals surface area contributed by atoms with Crippen LogP contribution in [0.2, 0.25) is 0 Å². The largest absolute Gasteiger partial charge is 0.355 e. The Kier molecular flexibility index (Phi) is 4.74. The highest BCUT2D eigenvalue weighted by Gasteiger charge is 2.58. The lowest BCUT2D eigenvalue weighted by molar-refractivity contribution is -0.380. The zero-order chi connectivity index (χ0) is 16.8. The van der Waals surface area contributed by atoms with E-state index in [0.717, 1.165) is 6.26 Å². The van der Waals surface area contributed by atoms with Gasteiger partial charge in [-0.3, -0.25) is 4.18 Å². The third-order valence-corrected chi connectivity index (χ3v) is 4.59. The molecule has 2 fully saturated rings.